The van der Waals surface area contributed by atoms with Gasteiger partial charge in [-0.15, -0.1) is 0 Å². The van der Waals surface area contributed by atoms with E-state index in [1.807, 2.05) is 0 Å². The molecule has 6 N–H and O–H groups in total. The fourth-order valence-corrected chi connectivity index (χ4v) is 3.30. The number of likely N-dealkylation sites (N-methyl/N-ethyl adjacent to an activating group) is 1. The first-order chi connectivity index (χ1) is 14.3. The summed E-state index contributed by atoms with van der Waals surface area (Å²) in [5.41, 5.74) is 0.512. The number of carboxylic acid groups (broad SMARTS) is 1. The standard InChI is InChI=1S/C18H23BN4O7/c1-20-15(12-6-21-9-22-12)17(25)23-7-11(8-23)30-13-3-2-10(4-5-19(28)29)16(24)14(13)18(26)27/h2-3,6,9,11,15,20,24,28-29H,4-5,7-8H2,1H3,(H,21,22)(H,26,27). The molecule has 12 heteroatoms. The van der Waals surface area contributed by atoms with Gasteiger partial charge in [0.1, 0.15) is 29.2 Å². The van der Waals surface area contributed by atoms with Crippen LogP contribution >= 0.6 is 0 Å². The number of imidazole rings is 1. The van der Waals surface area contributed by atoms with Crippen molar-refractivity contribution in [2.45, 2.75) is 24.9 Å². The van der Waals surface area contributed by atoms with Gasteiger partial charge in [0.05, 0.1) is 31.3 Å². The monoisotopic (exact) mass is 418 g/mol. The minimum Gasteiger partial charge on any atom is -0.507 e. The van der Waals surface area contributed by atoms with Crippen LogP contribution in [-0.4, -0.2) is 80.4 Å². The number of aryl methyl sites for hydroxylation is 1. The summed E-state index contributed by atoms with van der Waals surface area (Å²) in [5.74, 6) is -2.01. The summed E-state index contributed by atoms with van der Waals surface area (Å²) in [7, 11) is 0.103. The summed E-state index contributed by atoms with van der Waals surface area (Å²) in [6.07, 6.45) is 2.67. The number of phenols is 1. The van der Waals surface area contributed by atoms with Gasteiger partial charge >= 0.3 is 13.1 Å². The number of aromatic amines is 1. The number of hydrogen-bond acceptors (Lipinski definition) is 8. The molecular formula is C18H23BN4O7. The zero-order valence-electron chi connectivity index (χ0n) is 16.3. The van der Waals surface area contributed by atoms with Crippen molar-refractivity contribution in [2.24, 2.45) is 0 Å². The number of carbonyl (C=O) groups is 2. The Hall–Kier alpha value is -3.09. The molecule has 0 aliphatic carbocycles. The number of nitrogens with one attached hydrogen (secondary N) is 2. The third kappa shape index (κ3) is 4.56. The predicted molar refractivity (Wildman–Crippen MR) is 105 cm³/mol. The fraction of sp³-hybridized carbons (Fsp3) is 0.389. The maximum absolute atomic E-state index is 12.6. The van der Waals surface area contributed by atoms with Crippen LogP contribution in [0.4, 0.5) is 0 Å². The molecule has 1 aromatic heterocycles. The smallest absolute Gasteiger partial charge is 0.451 e. The summed E-state index contributed by atoms with van der Waals surface area (Å²) in [4.78, 5) is 32.7. The van der Waals surface area contributed by atoms with Crippen molar-refractivity contribution in [3.63, 3.8) is 0 Å². The zero-order valence-corrected chi connectivity index (χ0v) is 16.3. The van der Waals surface area contributed by atoms with Crippen molar-refractivity contribution >= 4 is 19.0 Å². The van der Waals surface area contributed by atoms with E-state index in [1.165, 1.54) is 18.5 Å². The van der Waals surface area contributed by atoms with Crippen LogP contribution in [0.1, 0.15) is 27.7 Å². The van der Waals surface area contributed by atoms with Crippen LogP contribution in [0.5, 0.6) is 11.5 Å². The van der Waals surface area contributed by atoms with Gasteiger partial charge in [-0.05, 0) is 31.4 Å². The van der Waals surface area contributed by atoms with Crippen molar-refractivity contribution in [1.82, 2.24) is 20.2 Å². The SMILES string of the molecule is CNC(C(=O)N1CC(Oc2ccc(CCB(O)O)c(O)c2C(=O)O)C1)c1cnc[nH]1. The Kier molecular flexibility index (Phi) is 6.60. The van der Waals surface area contributed by atoms with Crippen molar-refractivity contribution < 1.29 is 34.6 Å². The van der Waals surface area contributed by atoms with E-state index >= 15 is 0 Å². The molecule has 2 heterocycles. The molecule has 0 saturated carbocycles. The third-order valence-electron chi connectivity index (χ3n) is 4.93. The van der Waals surface area contributed by atoms with Gasteiger partial charge in [-0.3, -0.25) is 4.79 Å². The molecule has 1 aliphatic rings. The molecule has 0 bridgehead atoms. The second-order valence-electron chi connectivity index (χ2n) is 6.98. The van der Waals surface area contributed by atoms with E-state index in [9.17, 15) is 19.8 Å². The molecule has 0 spiro atoms. The number of amides is 1. The summed E-state index contributed by atoms with van der Waals surface area (Å²) in [5, 5.41) is 40.7. The largest absolute Gasteiger partial charge is 0.507 e. The van der Waals surface area contributed by atoms with Crippen LogP contribution < -0.4 is 10.1 Å². The van der Waals surface area contributed by atoms with E-state index in [0.717, 1.165) is 0 Å². The molecular weight excluding hydrogens is 395 g/mol. The lowest BCUT2D eigenvalue weighted by Gasteiger charge is -2.40. The minimum absolute atomic E-state index is 0.0101. The van der Waals surface area contributed by atoms with Gasteiger partial charge in [-0.1, -0.05) is 6.07 Å². The topological polar surface area (TPSA) is 168 Å². The van der Waals surface area contributed by atoms with Crippen LogP contribution in [0.25, 0.3) is 0 Å². The Morgan fingerprint density at radius 1 is 1.40 bits per heavy atom. The van der Waals surface area contributed by atoms with Crippen LogP contribution in [-0.2, 0) is 11.2 Å². The molecule has 2 aromatic rings. The summed E-state index contributed by atoms with van der Waals surface area (Å²) < 4.78 is 5.71. The number of rotatable bonds is 9. The van der Waals surface area contributed by atoms with Crippen molar-refractivity contribution in [3.05, 3.63) is 41.5 Å². The molecule has 30 heavy (non-hydrogen) atoms. The Bertz CT molecular complexity index is 900. The Balaban J connectivity index is 1.65. The number of likely N-dealkylation sites (tertiary alicyclic amines) is 1. The second-order valence-corrected chi connectivity index (χ2v) is 6.98. The Labute approximate surface area is 172 Å². The molecule has 1 unspecified atom stereocenters. The third-order valence-corrected chi connectivity index (χ3v) is 4.93. The molecule has 1 saturated heterocycles. The predicted octanol–water partition coefficient (Wildman–Crippen LogP) is -0.621. The van der Waals surface area contributed by atoms with Crippen LogP contribution in [0, 0.1) is 0 Å². The highest BCUT2D eigenvalue weighted by Crippen LogP contribution is 2.34. The summed E-state index contributed by atoms with van der Waals surface area (Å²) in [6, 6.07) is 2.33. The normalized spacial score (nSPS) is 14.8. The zero-order chi connectivity index (χ0) is 21.8. The van der Waals surface area contributed by atoms with Gasteiger partial charge < -0.3 is 40.2 Å². The van der Waals surface area contributed by atoms with Gasteiger partial charge in [-0.2, -0.15) is 0 Å². The molecule has 1 amide bonds. The highest BCUT2D eigenvalue weighted by Gasteiger charge is 2.37. The molecule has 1 atom stereocenters. The molecule has 1 aromatic carbocycles. The maximum atomic E-state index is 12.6. The van der Waals surface area contributed by atoms with Gasteiger partial charge in [-0.25, -0.2) is 9.78 Å². The summed E-state index contributed by atoms with van der Waals surface area (Å²) >= 11 is 0. The summed E-state index contributed by atoms with van der Waals surface area (Å²) in [6.45, 7) is 0.535. The van der Waals surface area contributed by atoms with Crippen LogP contribution in [0.15, 0.2) is 24.7 Å². The average Bonchev–Trinajstić information content (AvgIpc) is 3.17. The first-order valence-corrected chi connectivity index (χ1v) is 9.37. The number of carboxylic acids is 1. The lowest BCUT2D eigenvalue weighted by Crippen LogP contribution is -2.58. The van der Waals surface area contributed by atoms with E-state index in [-0.39, 0.29) is 43.1 Å². The van der Waals surface area contributed by atoms with Crippen molar-refractivity contribution in [3.8, 4) is 11.5 Å². The van der Waals surface area contributed by atoms with Crippen molar-refractivity contribution in [2.75, 3.05) is 20.1 Å². The first kappa shape index (κ1) is 21.6. The van der Waals surface area contributed by atoms with Gasteiger partial charge in [0.25, 0.3) is 0 Å². The van der Waals surface area contributed by atoms with Crippen molar-refractivity contribution in [1.29, 1.82) is 0 Å². The number of H-pyrrole nitrogens is 1. The lowest BCUT2D eigenvalue weighted by atomic mass is 9.82. The number of hydrogen-bond donors (Lipinski definition) is 6. The maximum Gasteiger partial charge on any atom is 0.451 e. The highest BCUT2D eigenvalue weighted by atomic mass is 16.5. The highest BCUT2D eigenvalue weighted by molar-refractivity contribution is 6.41. The van der Waals surface area contributed by atoms with Gasteiger partial charge in [0.15, 0.2) is 0 Å². The van der Waals surface area contributed by atoms with E-state index in [1.54, 1.807) is 18.1 Å². The van der Waals surface area contributed by atoms with E-state index in [2.05, 4.69) is 15.3 Å². The number of aromatic hydroxyl groups is 1. The average molecular weight is 418 g/mol. The molecule has 11 nitrogen and oxygen atoms in total. The first-order valence-electron chi connectivity index (χ1n) is 9.37. The molecule has 1 fully saturated rings. The quantitative estimate of drug-likeness (QED) is 0.291. The molecule has 0 radical (unpaired) electrons. The number of aromatic carboxylic acids is 1. The van der Waals surface area contributed by atoms with E-state index in [0.29, 0.717) is 5.69 Å². The minimum atomic E-state index is -1.56. The Morgan fingerprint density at radius 2 is 2.13 bits per heavy atom. The molecule has 3 rings (SSSR count). The van der Waals surface area contributed by atoms with E-state index in [4.69, 9.17) is 14.8 Å². The van der Waals surface area contributed by atoms with Gasteiger partial charge in [0.2, 0.25) is 5.91 Å². The number of nitrogens with zero attached hydrogens (tertiary/aromatic N) is 2. The number of carbonyl (C=O) groups excluding carboxylic acids is 1. The Morgan fingerprint density at radius 3 is 2.70 bits per heavy atom. The number of benzene rings is 1. The molecule has 160 valence electrons. The van der Waals surface area contributed by atoms with Gasteiger partial charge in [0, 0.05) is 0 Å². The number of aromatic nitrogens is 2. The molecule has 1 aliphatic heterocycles. The fourth-order valence-electron chi connectivity index (χ4n) is 3.30. The van der Waals surface area contributed by atoms with Crippen LogP contribution in [0.2, 0.25) is 6.32 Å². The number of ether oxygens (including phenoxy) is 1. The second kappa shape index (κ2) is 9.16. The lowest BCUT2D eigenvalue weighted by molar-refractivity contribution is -0.142. The van der Waals surface area contributed by atoms with Crippen LogP contribution in [0.3, 0.4) is 0 Å². The van der Waals surface area contributed by atoms with E-state index < -0.39 is 36.5 Å².